The number of benzene rings is 1. The van der Waals surface area contributed by atoms with E-state index in [2.05, 4.69) is 6.92 Å². The molecule has 0 unspecified atom stereocenters. The van der Waals surface area contributed by atoms with E-state index in [-0.39, 0.29) is 0 Å². The van der Waals surface area contributed by atoms with Crippen LogP contribution in [0.1, 0.15) is 18.9 Å². The zero-order valence-electron chi connectivity index (χ0n) is 7.30. The zero-order valence-corrected chi connectivity index (χ0v) is 7.30. The van der Waals surface area contributed by atoms with Crippen LogP contribution in [0.3, 0.4) is 0 Å². The molecule has 0 aliphatic heterocycles. The van der Waals surface area contributed by atoms with Crippen LogP contribution in [0.15, 0.2) is 12.1 Å². The van der Waals surface area contributed by atoms with Crippen LogP contribution in [0, 0.1) is 0 Å². The molecule has 1 aromatic rings. The van der Waals surface area contributed by atoms with Gasteiger partial charge in [-0.15, -0.1) is 0 Å². The van der Waals surface area contributed by atoms with Gasteiger partial charge in [0.1, 0.15) is 0 Å². The smallest absolute Gasteiger partial charge is 0.0581 e. The lowest BCUT2D eigenvalue weighted by Crippen LogP contribution is -2.01. The summed E-state index contributed by atoms with van der Waals surface area (Å²) in [6, 6.07) is 3.57. The van der Waals surface area contributed by atoms with Gasteiger partial charge in [0.05, 0.1) is 11.4 Å². The van der Waals surface area contributed by atoms with Crippen molar-refractivity contribution in [2.75, 3.05) is 17.2 Å². The Balaban J connectivity index is 3.09. The highest BCUT2D eigenvalue weighted by molar-refractivity contribution is 5.72. The number of anilines is 3. The van der Waals surface area contributed by atoms with Gasteiger partial charge in [-0.2, -0.15) is 0 Å². The summed E-state index contributed by atoms with van der Waals surface area (Å²) in [5.74, 6) is 0. The van der Waals surface area contributed by atoms with Gasteiger partial charge in [-0.1, -0.05) is 13.3 Å². The topological polar surface area (TPSA) is 78.1 Å². The molecule has 0 saturated heterocycles. The van der Waals surface area contributed by atoms with Gasteiger partial charge in [0.15, 0.2) is 0 Å². The van der Waals surface area contributed by atoms with Crippen LogP contribution in [0.4, 0.5) is 17.1 Å². The summed E-state index contributed by atoms with van der Waals surface area (Å²) in [5.41, 5.74) is 20.0. The van der Waals surface area contributed by atoms with Gasteiger partial charge in [-0.05, 0) is 24.1 Å². The molecule has 0 heterocycles. The summed E-state index contributed by atoms with van der Waals surface area (Å²) in [7, 11) is 0. The third kappa shape index (κ3) is 1.61. The van der Waals surface area contributed by atoms with Crippen molar-refractivity contribution in [3.63, 3.8) is 0 Å². The van der Waals surface area contributed by atoms with Gasteiger partial charge in [0.2, 0.25) is 0 Å². The minimum absolute atomic E-state index is 0.582. The van der Waals surface area contributed by atoms with Crippen LogP contribution >= 0.6 is 0 Å². The van der Waals surface area contributed by atoms with Crippen molar-refractivity contribution in [2.45, 2.75) is 19.8 Å². The average Bonchev–Trinajstić information content (AvgIpc) is 2.00. The second-order valence-corrected chi connectivity index (χ2v) is 2.93. The fourth-order valence-corrected chi connectivity index (χ4v) is 1.24. The van der Waals surface area contributed by atoms with Crippen molar-refractivity contribution < 1.29 is 0 Å². The van der Waals surface area contributed by atoms with Crippen molar-refractivity contribution in [3.8, 4) is 0 Å². The second-order valence-electron chi connectivity index (χ2n) is 2.93. The highest BCUT2D eigenvalue weighted by Gasteiger charge is 2.02. The number of nitrogens with two attached hydrogens (primary N) is 3. The predicted molar refractivity (Wildman–Crippen MR) is 53.7 cm³/mol. The molecule has 0 aromatic heterocycles. The molecule has 0 aliphatic rings. The molecule has 0 radical (unpaired) electrons. The van der Waals surface area contributed by atoms with E-state index in [9.17, 15) is 0 Å². The predicted octanol–water partition coefficient (Wildman–Crippen LogP) is 1.39. The maximum Gasteiger partial charge on any atom is 0.0581 e. The first-order valence-corrected chi connectivity index (χ1v) is 4.08. The average molecular weight is 165 g/mol. The molecule has 0 bridgehead atoms. The Morgan fingerprint density at radius 3 is 2.42 bits per heavy atom. The minimum atomic E-state index is 0.582. The Morgan fingerprint density at radius 2 is 1.83 bits per heavy atom. The molecule has 0 fully saturated rings. The largest absolute Gasteiger partial charge is 0.399 e. The first-order valence-electron chi connectivity index (χ1n) is 4.08. The molecule has 1 rings (SSSR count). The van der Waals surface area contributed by atoms with E-state index < -0.39 is 0 Å². The Bertz CT molecular complexity index is 281. The molecular formula is C9H15N3. The summed E-state index contributed by atoms with van der Waals surface area (Å²) >= 11 is 0. The summed E-state index contributed by atoms with van der Waals surface area (Å²) in [6.07, 6.45) is 1.98. The summed E-state index contributed by atoms with van der Waals surface area (Å²) in [4.78, 5) is 0. The van der Waals surface area contributed by atoms with Gasteiger partial charge < -0.3 is 17.2 Å². The third-order valence-corrected chi connectivity index (χ3v) is 1.84. The zero-order chi connectivity index (χ0) is 9.14. The minimum Gasteiger partial charge on any atom is -0.399 e. The first-order chi connectivity index (χ1) is 5.65. The first kappa shape index (κ1) is 8.71. The monoisotopic (exact) mass is 165 g/mol. The molecule has 0 saturated carbocycles. The Hall–Kier alpha value is -1.38. The standard InChI is InChI=1S/C9H15N3/c1-2-3-6-4-7(10)5-8(11)9(6)12/h4-5H,2-3,10-12H2,1H3. The molecule has 6 N–H and O–H groups in total. The number of rotatable bonds is 2. The van der Waals surface area contributed by atoms with Gasteiger partial charge in [0, 0.05) is 5.69 Å². The van der Waals surface area contributed by atoms with Crippen LogP contribution in [-0.4, -0.2) is 0 Å². The highest BCUT2D eigenvalue weighted by atomic mass is 14.7. The molecule has 66 valence electrons. The van der Waals surface area contributed by atoms with Crippen LogP contribution in [0.5, 0.6) is 0 Å². The van der Waals surface area contributed by atoms with Crippen molar-refractivity contribution in [1.29, 1.82) is 0 Å². The molecule has 3 nitrogen and oxygen atoms in total. The number of nitrogen functional groups attached to an aromatic ring is 3. The fraction of sp³-hybridized carbons (Fsp3) is 0.333. The third-order valence-electron chi connectivity index (χ3n) is 1.84. The summed E-state index contributed by atoms with van der Waals surface area (Å²) in [6.45, 7) is 2.10. The van der Waals surface area contributed by atoms with Gasteiger partial charge in [-0.25, -0.2) is 0 Å². The van der Waals surface area contributed by atoms with E-state index in [0.717, 1.165) is 18.4 Å². The lowest BCUT2D eigenvalue weighted by Gasteiger charge is -2.08. The highest BCUT2D eigenvalue weighted by Crippen LogP contribution is 2.24. The molecule has 12 heavy (non-hydrogen) atoms. The van der Waals surface area contributed by atoms with Crippen molar-refractivity contribution in [2.24, 2.45) is 0 Å². The van der Waals surface area contributed by atoms with E-state index in [1.54, 1.807) is 6.07 Å². The molecule has 3 heteroatoms. The van der Waals surface area contributed by atoms with Gasteiger partial charge in [0.25, 0.3) is 0 Å². The number of hydrogen-bond donors (Lipinski definition) is 3. The normalized spacial score (nSPS) is 10.1. The lowest BCUT2D eigenvalue weighted by molar-refractivity contribution is 0.925. The van der Waals surface area contributed by atoms with E-state index in [1.807, 2.05) is 6.07 Å². The van der Waals surface area contributed by atoms with E-state index >= 15 is 0 Å². The lowest BCUT2D eigenvalue weighted by atomic mass is 10.1. The Kier molecular flexibility index (Phi) is 2.43. The number of aryl methyl sites for hydroxylation is 1. The van der Waals surface area contributed by atoms with Gasteiger partial charge in [-0.3, -0.25) is 0 Å². The van der Waals surface area contributed by atoms with E-state index in [0.29, 0.717) is 17.1 Å². The maximum absolute atomic E-state index is 5.76. The van der Waals surface area contributed by atoms with Crippen molar-refractivity contribution in [3.05, 3.63) is 17.7 Å². The molecule has 0 aliphatic carbocycles. The molecular weight excluding hydrogens is 150 g/mol. The molecule has 1 aromatic carbocycles. The van der Waals surface area contributed by atoms with Gasteiger partial charge >= 0.3 is 0 Å². The SMILES string of the molecule is CCCc1cc(N)cc(N)c1N. The number of hydrogen-bond acceptors (Lipinski definition) is 3. The quantitative estimate of drug-likeness (QED) is 0.579. The van der Waals surface area contributed by atoms with Crippen LogP contribution in [0.25, 0.3) is 0 Å². The molecule has 0 atom stereocenters. The van der Waals surface area contributed by atoms with Crippen LogP contribution in [-0.2, 0) is 6.42 Å². The molecule has 0 spiro atoms. The Morgan fingerprint density at radius 1 is 1.17 bits per heavy atom. The van der Waals surface area contributed by atoms with Crippen LogP contribution in [0.2, 0.25) is 0 Å². The van der Waals surface area contributed by atoms with Crippen molar-refractivity contribution in [1.82, 2.24) is 0 Å². The van der Waals surface area contributed by atoms with E-state index in [4.69, 9.17) is 17.2 Å². The van der Waals surface area contributed by atoms with Crippen molar-refractivity contribution >= 4 is 17.1 Å². The maximum atomic E-state index is 5.76. The second kappa shape index (κ2) is 3.34. The van der Waals surface area contributed by atoms with Crippen LogP contribution < -0.4 is 17.2 Å². The van der Waals surface area contributed by atoms with E-state index in [1.165, 1.54) is 0 Å². The summed E-state index contributed by atoms with van der Waals surface area (Å²) < 4.78 is 0. The fourth-order valence-electron chi connectivity index (χ4n) is 1.24. The summed E-state index contributed by atoms with van der Waals surface area (Å²) in [5, 5.41) is 0. The Labute approximate surface area is 72.5 Å². The molecule has 0 amide bonds.